The smallest absolute Gasteiger partial charge is 0.165 e. The lowest BCUT2D eigenvalue weighted by atomic mass is 10.1. The van der Waals surface area contributed by atoms with Gasteiger partial charge in [-0.1, -0.05) is 36.4 Å². The normalized spacial score (nSPS) is 11.4. The Labute approximate surface area is 126 Å². The second-order valence-electron chi connectivity index (χ2n) is 6.14. The molecule has 2 aromatic rings. The van der Waals surface area contributed by atoms with Crippen molar-refractivity contribution in [3.8, 4) is 5.75 Å². The molecule has 0 spiro atoms. The lowest BCUT2D eigenvalue weighted by molar-refractivity contribution is 0.290. The first-order valence-corrected chi connectivity index (χ1v) is 7.14. The van der Waals surface area contributed by atoms with E-state index < -0.39 is 0 Å². The summed E-state index contributed by atoms with van der Waals surface area (Å²) in [7, 11) is 0. The molecule has 0 fully saturated rings. The molecule has 0 aromatic heterocycles. The second-order valence-corrected chi connectivity index (χ2v) is 6.14. The summed E-state index contributed by atoms with van der Waals surface area (Å²) in [6.45, 7) is 7.26. The first-order valence-electron chi connectivity index (χ1n) is 7.14. The van der Waals surface area contributed by atoms with Crippen LogP contribution in [0.1, 0.15) is 31.9 Å². The summed E-state index contributed by atoms with van der Waals surface area (Å²) >= 11 is 0. The SMILES string of the molecule is CC(C)(C)NCc1ccc(OCc2ccccc2)c(F)c1. The predicted molar refractivity (Wildman–Crippen MR) is 83.8 cm³/mol. The van der Waals surface area contributed by atoms with Crippen LogP contribution in [0, 0.1) is 5.82 Å². The molecule has 2 nitrogen and oxygen atoms in total. The molecule has 0 radical (unpaired) electrons. The Morgan fingerprint density at radius 3 is 2.33 bits per heavy atom. The quantitative estimate of drug-likeness (QED) is 0.885. The Balaban J connectivity index is 1.96. The molecule has 0 saturated heterocycles. The summed E-state index contributed by atoms with van der Waals surface area (Å²) in [5.74, 6) is -0.0301. The number of hydrogen-bond acceptors (Lipinski definition) is 2. The van der Waals surface area contributed by atoms with Crippen LogP contribution in [0.25, 0.3) is 0 Å². The van der Waals surface area contributed by atoms with Crippen molar-refractivity contribution in [2.24, 2.45) is 0 Å². The van der Waals surface area contributed by atoms with Gasteiger partial charge in [0.1, 0.15) is 6.61 Å². The maximum Gasteiger partial charge on any atom is 0.165 e. The van der Waals surface area contributed by atoms with Gasteiger partial charge in [-0.2, -0.15) is 0 Å². The molecule has 3 heteroatoms. The van der Waals surface area contributed by atoms with Crippen LogP contribution in [0.3, 0.4) is 0 Å². The van der Waals surface area contributed by atoms with Crippen LogP contribution in [0.4, 0.5) is 4.39 Å². The summed E-state index contributed by atoms with van der Waals surface area (Å²) < 4.78 is 19.5. The summed E-state index contributed by atoms with van der Waals surface area (Å²) in [6.07, 6.45) is 0. The van der Waals surface area contributed by atoms with Crippen molar-refractivity contribution in [3.63, 3.8) is 0 Å². The molecular formula is C18H22FNO. The highest BCUT2D eigenvalue weighted by Crippen LogP contribution is 2.20. The van der Waals surface area contributed by atoms with E-state index >= 15 is 0 Å². The predicted octanol–water partition coefficient (Wildman–Crippen LogP) is 4.29. The van der Waals surface area contributed by atoms with Crippen LogP contribution in [-0.4, -0.2) is 5.54 Å². The summed E-state index contributed by atoms with van der Waals surface area (Å²) in [6, 6.07) is 14.9. The van der Waals surface area contributed by atoms with Crippen molar-refractivity contribution >= 4 is 0 Å². The van der Waals surface area contributed by atoms with Crippen molar-refractivity contribution in [3.05, 3.63) is 65.5 Å². The van der Waals surface area contributed by atoms with Crippen LogP contribution < -0.4 is 10.1 Å². The first kappa shape index (κ1) is 15.5. The first-order chi connectivity index (χ1) is 9.94. The minimum absolute atomic E-state index is 0.0129. The van der Waals surface area contributed by atoms with Gasteiger partial charge in [-0.05, 0) is 44.0 Å². The molecule has 0 aliphatic carbocycles. The van der Waals surface area contributed by atoms with Crippen LogP contribution >= 0.6 is 0 Å². The van der Waals surface area contributed by atoms with Gasteiger partial charge in [0.2, 0.25) is 0 Å². The minimum Gasteiger partial charge on any atom is -0.486 e. The topological polar surface area (TPSA) is 21.3 Å². The lowest BCUT2D eigenvalue weighted by Gasteiger charge is -2.20. The van der Waals surface area contributed by atoms with Gasteiger partial charge in [-0.3, -0.25) is 0 Å². The fourth-order valence-corrected chi connectivity index (χ4v) is 1.87. The van der Waals surface area contributed by atoms with Gasteiger partial charge in [0, 0.05) is 12.1 Å². The molecular weight excluding hydrogens is 265 g/mol. The van der Waals surface area contributed by atoms with Gasteiger partial charge in [-0.15, -0.1) is 0 Å². The van der Waals surface area contributed by atoms with Crippen molar-refractivity contribution in [1.82, 2.24) is 5.32 Å². The summed E-state index contributed by atoms with van der Waals surface area (Å²) in [5, 5.41) is 3.34. The third-order valence-corrected chi connectivity index (χ3v) is 3.06. The van der Waals surface area contributed by atoms with Crippen LogP contribution in [0.15, 0.2) is 48.5 Å². The number of nitrogens with one attached hydrogen (secondary N) is 1. The monoisotopic (exact) mass is 287 g/mol. The summed E-state index contributed by atoms with van der Waals surface area (Å²) in [4.78, 5) is 0. The molecule has 0 unspecified atom stereocenters. The maximum atomic E-state index is 14.0. The van der Waals surface area contributed by atoms with E-state index in [0.29, 0.717) is 18.9 Å². The van der Waals surface area contributed by atoms with E-state index in [0.717, 1.165) is 11.1 Å². The highest BCUT2D eigenvalue weighted by Gasteiger charge is 2.10. The van der Waals surface area contributed by atoms with Crippen molar-refractivity contribution < 1.29 is 9.13 Å². The Morgan fingerprint density at radius 2 is 1.71 bits per heavy atom. The molecule has 0 atom stereocenters. The van der Waals surface area contributed by atoms with Gasteiger partial charge >= 0.3 is 0 Å². The van der Waals surface area contributed by atoms with E-state index in [1.54, 1.807) is 6.07 Å². The van der Waals surface area contributed by atoms with Gasteiger partial charge in [0.25, 0.3) is 0 Å². The zero-order chi connectivity index (χ0) is 15.3. The van der Waals surface area contributed by atoms with E-state index in [2.05, 4.69) is 26.1 Å². The number of benzene rings is 2. The van der Waals surface area contributed by atoms with E-state index in [-0.39, 0.29) is 11.4 Å². The molecule has 0 amide bonds. The van der Waals surface area contributed by atoms with E-state index in [9.17, 15) is 4.39 Å². The molecule has 0 saturated carbocycles. The second kappa shape index (κ2) is 6.72. The maximum absolute atomic E-state index is 14.0. The van der Waals surface area contributed by atoms with E-state index in [4.69, 9.17) is 4.74 Å². The average molecular weight is 287 g/mol. The summed E-state index contributed by atoms with van der Waals surface area (Å²) in [5.41, 5.74) is 1.95. The zero-order valence-electron chi connectivity index (χ0n) is 12.8. The Bertz CT molecular complexity index is 576. The number of halogens is 1. The van der Waals surface area contributed by atoms with Crippen molar-refractivity contribution in [2.45, 2.75) is 39.5 Å². The standard InChI is InChI=1S/C18H22FNO/c1-18(2,3)20-12-15-9-10-17(16(19)11-15)21-13-14-7-5-4-6-8-14/h4-11,20H,12-13H2,1-3H3. The van der Waals surface area contributed by atoms with Gasteiger partial charge < -0.3 is 10.1 Å². The molecule has 0 aliphatic rings. The van der Waals surface area contributed by atoms with E-state index in [1.807, 2.05) is 36.4 Å². The third-order valence-electron chi connectivity index (χ3n) is 3.06. The third kappa shape index (κ3) is 5.20. The molecule has 0 aliphatic heterocycles. The number of rotatable bonds is 5. The van der Waals surface area contributed by atoms with Gasteiger partial charge in [0.05, 0.1) is 0 Å². The van der Waals surface area contributed by atoms with Crippen LogP contribution in [0.2, 0.25) is 0 Å². The molecule has 2 rings (SSSR count). The molecule has 0 bridgehead atoms. The van der Waals surface area contributed by atoms with Gasteiger partial charge in [-0.25, -0.2) is 4.39 Å². The largest absolute Gasteiger partial charge is 0.486 e. The van der Waals surface area contributed by atoms with Gasteiger partial charge in [0.15, 0.2) is 11.6 Å². The highest BCUT2D eigenvalue weighted by atomic mass is 19.1. The van der Waals surface area contributed by atoms with Crippen LogP contribution in [-0.2, 0) is 13.2 Å². The molecule has 21 heavy (non-hydrogen) atoms. The Morgan fingerprint density at radius 1 is 1.00 bits per heavy atom. The molecule has 112 valence electrons. The fraction of sp³-hybridized carbons (Fsp3) is 0.333. The highest BCUT2D eigenvalue weighted by molar-refractivity contribution is 5.30. The van der Waals surface area contributed by atoms with Crippen molar-refractivity contribution in [1.29, 1.82) is 0 Å². The zero-order valence-corrected chi connectivity index (χ0v) is 12.8. The molecule has 1 N–H and O–H groups in total. The fourth-order valence-electron chi connectivity index (χ4n) is 1.87. The minimum atomic E-state index is -0.320. The Kier molecular flexibility index (Phi) is 4.97. The average Bonchev–Trinajstić information content (AvgIpc) is 2.44. The Hall–Kier alpha value is -1.87. The van der Waals surface area contributed by atoms with E-state index in [1.165, 1.54) is 6.07 Å². The molecule has 0 heterocycles. The van der Waals surface area contributed by atoms with Crippen molar-refractivity contribution in [2.75, 3.05) is 0 Å². The number of ether oxygens (including phenoxy) is 1. The van der Waals surface area contributed by atoms with Crippen LogP contribution in [0.5, 0.6) is 5.75 Å². The lowest BCUT2D eigenvalue weighted by Crippen LogP contribution is -2.35. The number of hydrogen-bond donors (Lipinski definition) is 1. The molecule has 2 aromatic carbocycles.